The molecule has 3 nitrogen and oxygen atoms in total. The van der Waals surface area contributed by atoms with Crippen molar-refractivity contribution in [3.8, 4) is 0 Å². The second-order valence-corrected chi connectivity index (χ2v) is 4.57. The van der Waals surface area contributed by atoms with E-state index in [-0.39, 0.29) is 32.7 Å². The number of nitrogen functional groups attached to an aromatic ring is 1. The Morgan fingerprint density at radius 1 is 1.00 bits per heavy atom. The first kappa shape index (κ1) is 16.8. The fourth-order valence-corrected chi connectivity index (χ4v) is 2.17. The minimum atomic E-state index is 0. The van der Waals surface area contributed by atoms with Gasteiger partial charge in [0, 0.05) is 32.7 Å². The number of pyridine rings is 1. The molecule has 0 spiro atoms. The van der Waals surface area contributed by atoms with Crippen LogP contribution in [0.25, 0.3) is 0 Å². The van der Waals surface area contributed by atoms with Gasteiger partial charge in [-0.25, -0.2) is 11.8 Å². The second kappa shape index (κ2) is 6.62. The van der Waals surface area contributed by atoms with E-state index in [1.807, 2.05) is 6.92 Å². The summed E-state index contributed by atoms with van der Waals surface area (Å²) in [6.45, 7) is 12.5. The summed E-state index contributed by atoms with van der Waals surface area (Å²) in [5.41, 5.74) is 7.31. The third kappa shape index (κ3) is 3.37. The zero-order chi connectivity index (χ0) is 12.5. The van der Waals surface area contributed by atoms with Gasteiger partial charge in [-0.2, -0.15) is 5.56 Å². The van der Waals surface area contributed by atoms with Crippen molar-refractivity contribution in [2.45, 2.75) is 41.5 Å². The Kier molecular flexibility index (Phi) is 6.53. The Hall–Kier alpha value is -0.246. The van der Waals surface area contributed by atoms with Crippen LogP contribution in [0, 0.1) is 25.7 Å². The fourth-order valence-electron chi connectivity index (χ4n) is 2.17. The number of nitrogens with one attached hydrogen (secondary N) is 1. The quantitative estimate of drug-likeness (QED) is 0.513. The molecule has 0 saturated carbocycles. The van der Waals surface area contributed by atoms with Crippen molar-refractivity contribution < 1.29 is 32.7 Å². The van der Waals surface area contributed by atoms with Crippen LogP contribution in [0.15, 0.2) is 0 Å². The van der Waals surface area contributed by atoms with Gasteiger partial charge in [-0.1, -0.05) is 13.8 Å². The molecule has 4 heteroatoms. The number of hydrogen-bond donors (Lipinski definition) is 2. The van der Waals surface area contributed by atoms with Gasteiger partial charge >= 0.3 is 0 Å². The van der Waals surface area contributed by atoms with Gasteiger partial charge in [-0.3, -0.25) is 17.0 Å². The van der Waals surface area contributed by atoms with Crippen LogP contribution in [0.4, 0.5) is 5.82 Å². The molecule has 3 N–H and O–H groups in total. The molecule has 1 radical (unpaired) electrons. The van der Waals surface area contributed by atoms with Crippen molar-refractivity contribution in [2.75, 3.05) is 5.43 Å². The first-order valence-electron chi connectivity index (χ1n) is 5.49. The number of nitrogens with two attached hydrogens (primary N) is 1. The summed E-state index contributed by atoms with van der Waals surface area (Å²) < 4.78 is 0. The molecule has 0 atom stereocenters. The van der Waals surface area contributed by atoms with E-state index in [4.69, 9.17) is 5.84 Å². The van der Waals surface area contributed by atoms with Crippen LogP contribution in [0.1, 0.15) is 50.1 Å². The second-order valence-electron chi connectivity index (χ2n) is 4.57. The Labute approximate surface area is 130 Å². The average Bonchev–Trinajstić information content (AvgIpc) is 2.19. The number of hydrazine groups is 1. The van der Waals surface area contributed by atoms with E-state index in [1.165, 1.54) is 23.0 Å². The summed E-state index contributed by atoms with van der Waals surface area (Å²) in [7, 11) is 0. The van der Waals surface area contributed by atoms with Crippen LogP contribution < -0.4 is 11.3 Å². The number of hydrogen-bond acceptors (Lipinski definition) is 3. The van der Waals surface area contributed by atoms with Crippen molar-refractivity contribution in [3.63, 3.8) is 0 Å². The maximum Gasteiger partial charge on any atom is 0.0590 e. The van der Waals surface area contributed by atoms with Crippen LogP contribution >= 0.6 is 0 Å². The Morgan fingerprint density at radius 2 is 1.47 bits per heavy atom. The van der Waals surface area contributed by atoms with E-state index in [0.717, 1.165) is 17.1 Å². The van der Waals surface area contributed by atoms with E-state index in [9.17, 15) is 0 Å². The van der Waals surface area contributed by atoms with Gasteiger partial charge in [0.1, 0.15) is 0 Å². The summed E-state index contributed by atoms with van der Waals surface area (Å²) in [5, 5.41) is 0. The topological polar surface area (TPSA) is 50.9 Å². The van der Waals surface area contributed by atoms with Crippen LogP contribution in [0.2, 0.25) is 0 Å². The molecule has 0 aliphatic carbocycles. The van der Waals surface area contributed by atoms with Crippen LogP contribution in [-0.4, -0.2) is 4.98 Å². The summed E-state index contributed by atoms with van der Waals surface area (Å²) in [4.78, 5) is 4.49. The van der Waals surface area contributed by atoms with Crippen LogP contribution in [0.5, 0.6) is 0 Å². The minimum absolute atomic E-state index is 0. The number of nitrogens with zero attached hydrogens (tertiary/aromatic N) is 1. The molecule has 1 rings (SSSR count). The van der Waals surface area contributed by atoms with Crippen molar-refractivity contribution >= 4 is 5.82 Å². The maximum atomic E-state index is 5.49. The molecule has 0 fully saturated rings. The summed E-state index contributed by atoms with van der Waals surface area (Å²) >= 11 is 0. The molecule has 0 amide bonds. The number of aryl methyl sites for hydroxylation is 1. The molecule has 1 heterocycles. The molecule has 1 aromatic rings. The van der Waals surface area contributed by atoms with E-state index in [1.54, 1.807) is 0 Å². The molecule has 0 unspecified atom stereocenters. The average molecular weight is 308 g/mol. The first-order chi connectivity index (χ1) is 7.40. The molecule has 0 aromatic carbocycles. The molecule has 0 saturated heterocycles. The van der Waals surface area contributed by atoms with Crippen molar-refractivity contribution in [1.29, 1.82) is 0 Å². The van der Waals surface area contributed by atoms with Gasteiger partial charge in [-0.05, 0) is 0 Å². The molecule has 0 aliphatic rings. The molecule has 0 bridgehead atoms. The third-order valence-corrected chi connectivity index (χ3v) is 2.76. The Balaban J connectivity index is 0.00000256. The van der Waals surface area contributed by atoms with Gasteiger partial charge in [0.2, 0.25) is 0 Å². The van der Waals surface area contributed by atoms with Crippen molar-refractivity contribution in [3.05, 3.63) is 34.2 Å². The van der Waals surface area contributed by atoms with Gasteiger partial charge in [-0.15, -0.1) is 33.4 Å². The molecular weight excluding hydrogens is 287 g/mol. The monoisotopic (exact) mass is 308 g/mol. The van der Waals surface area contributed by atoms with Gasteiger partial charge < -0.3 is 10.4 Å². The third-order valence-electron chi connectivity index (χ3n) is 2.76. The van der Waals surface area contributed by atoms with Crippen LogP contribution in [0.3, 0.4) is 0 Å². The minimum Gasteiger partial charge on any atom is -0.326 e. The molecular formula is C13H21N3Y-2. The van der Waals surface area contributed by atoms with E-state index >= 15 is 0 Å². The molecule has 17 heavy (non-hydrogen) atoms. The zero-order valence-electron chi connectivity index (χ0n) is 11.6. The normalized spacial score (nSPS) is 9.59. The predicted octanol–water partition coefficient (Wildman–Crippen LogP) is 2.91. The Morgan fingerprint density at radius 3 is 1.82 bits per heavy atom. The largest absolute Gasteiger partial charge is 0.326 e. The summed E-state index contributed by atoms with van der Waals surface area (Å²) in [6, 6.07) is 0. The number of anilines is 1. The number of aromatic nitrogens is 1. The molecule has 0 aliphatic heterocycles. The van der Waals surface area contributed by atoms with Gasteiger partial charge in [0.05, 0.1) is 5.82 Å². The predicted molar refractivity (Wildman–Crippen MR) is 68.9 cm³/mol. The fraction of sp³-hybridized carbons (Fsp3) is 0.462. The smallest absolute Gasteiger partial charge is 0.0590 e. The van der Waals surface area contributed by atoms with Crippen molar-refractivity contribution in [1.82, 2.24) is 4.98 Å². The first-order valence-corrected chi connectivity index (χ1v) is 5.49. The van der Waals surface area contributed by atoms with Gasteiger partial charge in [0.15, 0.2) is 0 Å². The molecule has 93 valence electrons. The maximum absolute atomic E-state index is 5.49. The van der Waals surface area contributed by atoms with E-state index in [2.05, 4.69) is 45.0 Å². The summed E-state index contributed by atoms with van der Waals surface area (Å²) in [6.07, 6.45) is 0. The SMILES string of the molecule is Cc1nc(NN)c(C)c([C-](C)C)c1[C-](C)C.[Y]. The van der Waals surface area contributed by atoms with E-state index < -0.39 is 0 Å². The van der Waals surface area contributed by atoms with Gasteiger partial charge in [0.25, 0.3) is 0 Å². The van der Waals surface area contributed by atoms with Crippen LogP contribution in [-0.2, 0) is 32.7 Å². The standard InChI is InChI=1S/C13H21N3.Y/c1-7(2)11-9(5)13(16-14)15-10(6)12(11)8(3)4;/h14H2,1-6H3,(H,15,16);/q-2;. The van der Waals surface area contributed by atoms with Crippen molar-refractivity contribution in [2.24, 2.45) is 5.84 Å². The molecule has 1 aromatic heterocycles. The number of rotatable bonds is 3. The summed E-state index contributed by atoms with van der Waals surface area (Å²) in [5.74, 6) is 8.82. The zero-order valence-corrected chi connectivity index (χ0v) is 14.4. The van der Waals surface area contributed by atoms with E-state index in [0.29, 0.717) is 0 Å². The Bertz CT molecular complexity index is 387.